The zero-order chi connectivity index (χ0) is 18.1. The molecular weight excluding hydrogens is 354 g/mol. The summed E-state index contributed by atoms with van der Waals surface area (Å²) in [5.74, 6) is 0.398. The van der Waals surface area contributed by atoms with Crippen LogP contribution in [0.25, 0.3) is 5.69 Å². The minimum atomic E-state index is -0.456. The Labute approximate surface area is 152 Å². The molecule has 9 heteroatoms. The molecule has 3 aromatic rings. The molecular formula is C17H13N5O3S. The van der Waals surface area contributed by atoms with Gasteiger partial charge in [-0.25, -0.2) is 4.68 Å². The molecule has 1 amide bonds. The van der Waals surface area contributed by atoms with Crippen LogP contribution in [0.5, 0.6) is 0 Å². The summed E-state index contributed by atoms with van der Waals surface area (Å²) in [5.41, 5.74) is 1.99. The number of fused-ring (bicyclic) bond motifs is 1. The van der Waals surface area contributed by atoms with E-state index in [0.717, 1.165) is 10.6 Å². The first kappa shape index (κ1) is 16.3. The van der Waals surface area contributed by atoms with Crippen LogP contribution in [0.15, 0.2) is 59.6 Å². The summed E-state index contributed by atoms with van der Waals surface area (Å²) in [4.78, 5) is 25.5. The summed E-state index contributed by atoms with van der Waals surface area (Å²) in [6, 6.07) is 13.9. The van der Waals surface area contributed by atoms with Gasteiger partial charge >= 0.3 is 0 Å². The number of carbonyl (C=O) groups is 1. The highest BCUT2D eigenvalue weighted by atomic mass is 32.2. The van der Waals surface area contributed by atoms with Crippen LogP contribution in [0.1, 0.15) is 5.69 Å². The highest BCUT2D eigenvalue weighted by Gasteiger charge is 2.25. The molecule has 0 fully saturated rings. The van der Waals surface area contributed by atoms with E-state index in [1.54, 1.807) is 23.2 Å². The Hall–Kier alpha value is -3.20. The van der Waals surface area contributed by atoms with E-state index in [1.165, 1.54) is 28.6 Å². The van der Waals surface area contributed by atoms with E-state index in [-0.39, 0.29) is 11.6 Å². The van der Waals surface area contributed by atoms with Gasteiger partial charge in [-0.1, -0.05) is 23.4 Å². The third-order valence-corrected chi connectivity index (χ3v) is 5.02. The van der Waals surface area contributed by atoms with E-state index in [9.17, 15) is 14.9 Å². The van der Waals surface area contributed by atoms with Crippen LogP contribution in [0.3, 0.4) is 0 Å². The van der Waals surface area contributed by atoms with Crippen LogP contribution < -0.4 is 4.90 Å². The smallest absolute Gasteiger partial charge is 0.271 e. The second-order valence-electron chi connectivity index (χ2n) is 5.67. The van der Waals surface area contributed by atoms with Crippen molar-refractivity contribution in [3.8, 4) is 5.69 Å². The molecule has 8 nitrogen and oxygen atoms in total. The van der Waals surface area contributed by atoms with Gasteiger partial charge in [0, 0.05) is 17.0 Å². The van der Waals surface area contributed by atoms with Gasteiger partial charge in [0.15, 0.2) is 0 Å². The third-order valence-electron chi connectivity index (χ3n) is 3.97. The fourth-order valence-corrected chi connectivity index (χ4v) is 3.67. The molecule has 0 N–H and O–H groups in total. The minimum Gasteiger partial charge on any atom is -0.304 e. The number of non-ortho nitro benzene ring substituents is 1. The monoisotopic (exact) mass is 367 g/mol. The molecule has 1 aliphatic rings. The predicted molar refractivity (Wildman–Crippen MR) is 96.4 cm³/mol. The van der Waals surface area contributed by atoms with Crippen molar-refractivity contribution in [2.45, 2.75) is 11.4 Å². The van der Waals surface area contributed by atoms with Gasteiger partial charge in [-0.3, -0.25) is 14.9 Å². The molecule has 0 saturated heterocycles. The molecule has 1 aliphatic heterocycles. The molecule has 0 radical (unpaired) electrons. The van der Waals surface area contributed by atoms with Gasteiger partial charge in [-0.05, 0) is 18.2 Å². The first-order chi connectivity index (χ1) is 12.6. The number of aromatic nitrogens is 3. The topological polar surface area (TPSA) is 94.2 Å². The minimum absolute atomic E-state index is 0.0126. The molecule has 0 atom stereocenters. The van der Waals surface area contributed by atoms with Crippen molar-refractivity contribution < 1.29 is 9.72 Å². The molecule has 0 bridgehead atoms. The largest absolute Gasteiger partial charge is 0.304 e. The van der Waals surface area contributed by atoms with E-state index in [0.29, 0.717) is 23.7 Å². The number of carbonyl (C=O) groups excluding carboxylic acids is 1. The van der Waals surface area contributed by atoms with Crippen molar-refractivity contribution >= 4 is 29.0 Å². The lowest BCUT2D eigenvalue weighted by Gasteiger charge is -2.28. The standard InChI is InChI=1S/C17H13N5O3S/c23-17-11-26-16-7-2-1-6-15(16)20(17)9-12-10-21(19-18-12)13-4-3-5-14(8-13)22(24)25/h1-8,10H,9,11H2. The zero-order valence-corrected chi connectivity index (χ0v) is 14.3. The molecule has 0 unspecified atom stereocenters. The van der Waals surface area contributed by atoms with Gasteiger partial charge in [0.2, 0.25) is 5.91 Å². The number of para-hydroxylation sites is 1. The first-order valence-corrected chi connectivity index (χ1v) is 8.78. The van der Waals surface area contributed by atoms with Crippen molar-refractivity contribution in [2.75, 3.05) is 10.7 Å². The maximum atomic E-state index is 12.3. The summed E-state index contributed by atoms with van der Waals surface area (Å²) in [5, 5.41) is 19.1. The number of nitro groups is 1. The highest BCUT2D eigenvalue weighted by Crippen LogP contribution is 2.35. The Morgan fingerprint density at radius 1 is 1.19 bits per heavy atom. The van der Waals surface area contributed by atoms with Gasteiger partial charge in [-0.15, -0.1) is 16.9 Å². The zero-order valence-electron chi connectivity index (χ0n) is 13.5. The number of thioether (sulfide) groups is 1. The quantitative estimate of drug-likeness (QED) is 0.520. The third kappa shape index (κ3) is 3.04. The van der Waals surface area contributed by atoms with E-state index in [4.69, 9.17) is 0 Å². The van der Waals surface area contributed by atoms with Gasteiger partial charge in [-0.2, -0.15) is 0 Å². The average Bonchev–Trinajstić information content (AvgIpc) is 3.13. The Kier molecular flexibility index (Phi) is 4.13. The summed E-state index contributed by atoms with van der Waals surface area (Å²) in [6.07, 6.45) is 1.68. The van der Waals surface area contributed by atoms with Crippen molar-refractivity contribution in [3.05, 3.63) is 70.5 Å². The number of hydrogen-bond acceptors (Lipinski definition) is 6. The Bertz CT molecular complexity index is 1000. The maximum absolute atomic E-state index is 12.3. The first-order valence-electron chi connectivity index (χ1n) is 7.80. The van der Waals surface area contributed by atoms with Gasteiger partial charge in [0.25, 0.3) is 5.69 Å². The van der Waals surface area contributed by atoms with E-state index in [2.05, 4.69) is 10.3 Å². The van der Waals surface area contributed by atoms with Gasteiger partial charge < -0.3 is 4.90 Å². The molecule has 2 heterocycles. The molecule has 130 valence electrons. The number of nitro benzene ring substituents is 1. The van der Waals surface area contributed by atoms with Crippen molar-refractivity contribution in [1.82, 2.24) is 15.0 Å². The number of nitrogens with zero attached hydrogens (tertiary/aromatic N) is 5. The lowest BCUT2D eigenvalue weighted by molar-refractivity contribution is -0.384. The second kappa shape index (κ2) is 6.60. The number of amides is 1. The van der Waals surface area contributed by atoms with Crippen LogP contribution in [-0.2, 0) is 11.3 Å². The Balaban J connectivity index is 1.61. The molecule has 2 aromatic carbocycles. The van der Waals surface area contributed by atoms with Crippen LogP contribution in [0.4, 0.5) is 11.4 Å². The number of rotatable bonds is 4. The van der Waals surface area contributed by atoms with Gasteiger partial charge in [0.05, 0.1) is 34.8 Å². The fourth-order valence-electron chi connectivity index (χ4n) is 2.74. The van der Waals surface area contributed by atoms with Gasteiger partial charge in [0.1, 0.15) is 5.69 Å². The van der Waals surface area contributed by atoms with Crippen LogP contribution in [0, 0.1) is 10.1 Å². The van der Waals surface area contributed by atoms with E-state index >= 15 is 0 Å². The summed E-state index contributed by atoms with van der Waals surface area (Å²) in [6.45, 7) is 0.297. The normalized spacial score (nSPS) is 13.5. The maximum Gasteiger partial charge on any atom is 0.271 e. The SMILES string of the molecule is O=C1CSc2ccccc2N1Cc1cn(-c2cccc([N+](=O)[O-])c2)nn1. The molecule has 0 spiro atoms. The lowest BCUT2D eigenvalue weighted by Crippen LogP contribution is -2.34. The van der Waals surface area contributed by atoms with Crippen molar-refractivity contribution in [2.24, 2.45) is 0 Å². The Morgan fingerprint density at radius 3 is 2.88 bits per heavy atom. The van der Waals surface area contributed by atoms with E-state index in [1.807, 2.05) is 24.3 Å². The van der Waals surface area contributed by atoms with Crippen LogP contribution in [0.2, 0.25) is 0 Å². The lowest BCUT2D eigenvalue weighted by atomic mass is 10.2. The number of hydrogen-bond donors (Lipinski definition) is 0. The van der Waals surface area contributed by atoms with Crippen LogP contribution in [-0.4, -0.2) is 31.6 Å². The number of benzene rings is 2. The van der Waals surface area contributed by atoms with Crippen LogP contribution >= 0.6 is 11.8 Å². The fraction of sp³-hybridized carbons (Fsp3) is 0.118. The highest BCUT2D eigenvalue weighted by molar-refractivity contribution is 8.00. The molecule has 1 aromatic heterocycles. The Morgan fingerprint density at radius 2 is 2.04 bits per heavy atom. The summed E-state index contributed by atoms with van der Waals surface area (Å²) < 4.78 is 1.47. The molecule has 26 heavy (non-hydrogen) atoms. The van der Waals surface area contributed by atoms with Crippen molar-refractivity contribution in [1.29, 1.82) is 0 Å². The van der Waals surface area contributed by atoms with E-state index < -0.39 is 4.92 Å². The second-order valence-corrected chi connectivity index (χ2v) is 6.68. The summed E-state index contributed by atoms with van der Waals surface area (Å²) >= 11 is 1.52. The summed E-state index contributed by atoms with van der Waals surface area (Å²) in [7, 11) is 0. The molecule has 4 rings (SSSR count). The molecule has 0 saturated carbocycles. The average molecular weight is 367 g/mol. The number of anilines is 1. The molecule has 0 aliphatic carbocycles. The van der Waals surface area contributed by atoms with Crippen molar-refractivity contribution in [3.63, 3.8) is 0 Å². The predicted octanol–water partition coefficient (Wildman–Crippen LogP) is 2.81.